The van der Waals surface area contributed by atoms with Crippen LogP contribution in [0.3, 0.4) is 0 Å². The van der Waals surface area contributed by atoms with Crippen LogP contribution in [-0.4, -0.2) is 38.1 Å². The molecule has 3 rings (SSSR count). The Hall–Kier alpha value is -2.78. The van der Waals surface area contributed by atoms with E-state index in [4.69, 9.17) is 22.2 Å². The lowest BCUT2D eigenvalue weighted by atomic mass is 10.3. The first kappa shape index (κ1) is 19.0. The molecule has 2 aromatic heterocycles. The molecule has 0 aliphatic carbocycles. The normalized spacial score (nSPS) is 11.8. The number of aromatic nitrogens is 4. The lowest BCUT2D eigenvalue weighted by molar-refractivity contribution is -0.115. The molecule has 1 amide bonds. The number of hydrogen-bond acceptors (Lipinski definition) is 7. The zero-order valence-electron chi connectivity index (χ0n) is 14.6. The van der Waals surface area contributed by atoms with Crippen molar-refractivity contribution in [2.45, 2.75) is 17.3 Å². The van der Waals surface area contributed by atoms with Gasteiger partial charge in [0.2, 0.25) is 11.1 Å². The van der Waals surface area contributed by atoms with E-state index in [1.54, 1.807) is 43.6 Å². The zero-order chi connectivity index (χ0) is 19.4. The molecule has 8 nitrogen and oxygen atoms in total. The lowest BCUT2D eigenvalue weighted by Gasteiger charge is -2.14. The summed E-state index contributed by atoms with van der Waals surface area (Å²) < 4.78 is 6.58. The maximum atomic E-state index is 12.5. The zero-order valence-corrected chi connectivity index (χ0v) is 16.2. The van der Waals surface area contributed by atoms with Gasteiger partial charge in [-0.05, 0) is 37.3 Å². The molecule has 3 aromatic rings. The number of nitrogens with two attached hydrogens (primary N) is 1. The second-order valence-corrected chi connectivity index (χ2v) is 7.26. The Bertz CT molecular complexity index is 950. The molecular weight excluding hydrogens is 388 g/mol. The van der Waals surface area contributed by atoms with Gasteiger partial charge in [0.05, 0.1) is 18.0 Å². The van der Waals surface area contributed by atoms with Crippen LogP contribution in [0.5, 0.6) is 5.75 Å². The second kappa shape index (κ2) is 8.28. The van der Waals surface area contributed by atoms with Gasteiger partial charge in [-0.3, -0.25) is 9.78 Å². The number of nitrogens with zero attached hydrogens (tertiary/aromatic N) is 4. The maximum absolute atomic E-state index is 12.5. The van der Waals surface area contributed by atoms with E-state index in [0.717, 1.165) is 5.56 Å². The number of anilines is 1. The molecule has 2 heterocycles. The van der Waals surface area contributed by atoms with Gasteiger partial charge in [0.25, 0.3) is 0 Å². The lowest BCUT2D eigenvalue weighted by Crippen LogP contribution is -2.24. The van der Waals surface area contributed by atoms with E-state index in [1.165, 1.54) is 23.5 Å². The first-order valence-corrected chi connectivity index (χ1v) is 9.17. The minimum atomic E-state index is -0.484. The molecule has 0 spiro atoms. The Morgan fingerprint density at radius 2 is 2.19 bits per heavy atom. The van der Waals surface area contributed by atoms with Crippen LogP contribution in [0.25, 0.3) is 11.4 Å². The highest BCUT2D eigenvalue weighted by Crippen LogP contribution is 2.29. The Morgan fingerprint density at radius 1 is 1.37 bits per heavy atom. The summed E-state index contributed by atoms with van der Waals surface area (Å²) in [5, 5.41) is 11.4. The Labute approximate surface area is 165 Å². The first-order valence-electron chi connectivity index (χ1n) is 7.91. The molecule has 0 saturated heterocycles. The number of hydrogen-bond donors (Lipinski definition) is 2. The summed E-state index contributed by atoms with van der Waals surface area (Å²) in [6.45, 7) is 1.75. The number of nitrogens with one attached hydrogen (secondary N) is 1. The summed E-state index contributed by atoms with van der Waals surface area (Å²) in [5.41, 5.74) is 1.23. The largest absolute Gasteiger partial charge is 0.495 e. The van der Waals surface area contributed by atoms with Gasteiger partial charge < -0.3 is 15.9 Å². The summed E-state index contributed by atoms with van der Waals surface area (Å²) in [7, 11) is 1.52. The monoisotopic (exact) mass is 404 g/mol. The maximum Gasteiger partial charge on any atom is 0.237 e. The SMILES string of the molecule is COc1ccc(Cl)cc1NC(=O)C(C)Sc1nnc(-c2cccnc2)n1N. The van der Waals surface area contributed by atoms with Gasteiger partial charge in [0.1, 0.15) is 5.75 Å². The fourth-order valence-corrected chi connectivity index (χ4v) is 3.22. The minimum absolute atomic E-state index is 0.244. The van der Waals surface area contributed by atoms with E-state index in [-0.39, 0.29) is 5.91 Å². The van der Waals surface area contributed by atoms with Gasteiger partial charge >= 0.3 is 0 Å². The van der Waals surface area contributed by atoms with Gasteiger partial charge in [-0.15, -0.1) is 10.2 Å². The van der Waals surface area contributed by atoms with Crippen molar-refractivity contribution in [2.75, 3.05) is 18.3 Å². The first-order chi connectivity index (χ1) is 13.0. The van der Waals surface area contributed by atoms with Gasteiger partial charge in [0.15, 0.2) is 5.82 Å². The number of benzene rings is 1. The van der Waals surface area contributed by atoms with Crippen molar-refractivity contribution in [3.05, 3.63) is 47.7 Å². The van der Waals surface area contributed by atoms with Crippen LogP contribution in [0.1, 0.15) is 6.92 Å². The quantitative estimate of drug-likeness (QED) is 0.480. The smallest absolute Gasteiger partial charge is 0.237 e. The van der Waals surface area contributed by atoms with Crippen LogP contribution < -0.4 is 15.9 Å². The molecule has 1 unspecified atom stereocenters. The molecular formula is C17H17ClN6O2S. The second-order valence-electron chi connectivity index (χ2n) is 5.51. The minimum Gasteiger partial charge on any atom is -0.495 e. The predicted octanol–water partition coefficient (Wildman–Crippen LogP) is 2.84. The number of ether oxygens (including phenoxy) is 1. The summed E-state index contributed by atoms with van der Waals surface area (Å²) in [5.74, 6) is 6.82. The fraction of sp³-hybridized carbons (Fsp3) is 0.176. The number of pyridine rings is 1. The molecule has 0 aliphatic heterocycles. The van der Waals surface area contributed by atoms with Crippen molar-refractivity contribution in [1.29, 1.82) is 0 Å². The third-order valence-electron chi connectivity index (χ3n) is 3.66. The molecule has 3 N–H and O–H groups in total. The highest BCUT2D eigenvalue weighted by Gasteiger charge is 2.21. The Morgan fingerprint density at radius 3 is 2.89 bits per heavy atom. The molecule has 0 radical (unpaired) electrons. The van der Waals surface area contributed by atoms with E-state index >= 15 is 0 Å². The third-order valence-corrected chi connectivity index (χ3v) is 4.95. The van der Waals surface area contributed by atoms with Crippen molar-refractivity contribution in [3.8, 4) is 17.1 Å². The molecule has 0 bridgehead atoms. The molecule has 140 valence electrons. The number of thioether (sulfide) groups is 1. The van der Waals surface area contributed by atoms with Crippen LogP contribution >= 0.6 is 23.4 Å². The van der Waals surface area contributed by atoms with Crippen molar-refractivity contribution in [1.82, 2.24) is 19.9 Å². The third kappa shape index (κ3) is 4.32. The summed E-state index contributed by atoms with van der Waals surface area (Å²) in [6.07, 6.45) is 3.30. The standard InChI is InChI=1S/C17H17ClN6O2S/c1-10(16(25)21-13-8-12(18)5-6-14(13)26-2)27-17-23-22-15(24(17)19)11-4-3-7-20-9-11/h3-10H,19H2,1-2H3,(H,21,25). The average molecular weight is 405 g/mol. The molecule has 0 saturated carbocycles. The van der Waals surface area contributed by atoms with E-state index in [2.05, 4.69) is 20.5 Å². The molecule has 10 heteroatoms. The van der Waals surface area contributed by atoms with Gasteiger partial charge in [-0.1, -0.05) is 23.4 Å². The van der Waals surface area contributed by atoms with Crippen molar-refractivity contribution >= 4 is 35.0 Å². The predicted molar refractivity (Wildman–Crippen MR) is 105 cm³/mol. The van der Waals surface area contributed by atoms with Crippen LogP contribution in [-0.2, 0) is 4.79 Å². The molecule has 1 aromatic carbocycles. The van der Waals surface area contributed by atoms with Crippen LogP contribution in [0.4, 0.5) is 5.69 Å². The summed E-state index contributed by atoms with van der Waals surface area (Å²) in [4.78, 5) is 16.6. The number of rotatable bonds is 6. The average Bonchev–Trinajstić information content (AvgIpc) is 3.03. The van der Waals surface area contributed by atoms with Crippen LogP contribution in [0.2, 0.25) is 5.02 Å². The molecule has 0 fully saturated rings. The van der Waals surface area contributed by atoms with E-state index in [1.807, 2.05) is 6.07 Å². The van der Waals surface area contributed by atoms with Crippen molar-refractivity contribution < 1.29 is 9.53 Å². The highest BCUT2D eigenvalue weighted by atomic mass is 35.5. The molecule has 1 atom stereocenters. The fourth-order valence-electron chi connectivity index (χ4n) is 2.27. The number of carbonyl (C=O) groups excluding carboxylic acids is 1. The summed E-state index contributed by atoms with van der Waals surface area (Å²) in [6, 6.07) is 8.61. The molecule has 27 heavy (non-hydrogen) atoms. The van der Waals surface area contributed by atoms with E-state index in [0.29, 0.717) is 27.4 Å². The number of amides is 1. The Balaban J connectivity index is 1.72. The topological polar surface area (TPSA) is 108 Å². The number of carbonyl (C=O) groups is 1. The van der Waals surface area contributed by atoms with E-state index in [9.17, 15) is 4.79 Å². The van der Waals surface area contributed by atoms with E-state index < -0.39 is 5.25 Å². The summed E-state index contributed by atoms with van der Waals surface area (Å²) >= 11 is 7.18. The number of nitrogen functional groups attached to an aromatic ring is 1. The van der Waals surface area contributed by atoms with Gasteiger partial charge in [0, 0.05) is 23.0 Å². The highest BCUT2D eigenvalue weighted by molar-refractivity contribution is 8.00. The van der Waals surface area contributed by atoms with Crippen LogP contribution in [0, 0.1) is 0 Å². The Kier molecular flexibility index (Phi) is 5.82. The van der Waals surface area contributed by atoms with Gasteiger partial charge in [-0.25, -0.2) is 4.68 Å². The van der Waals surface area contributed by atoms with Gasteiger partial charge in [-0.2, -0.15) is 0 Å². The molecule has 0 aliphatic rings. The van der Waals surface area contributed by atoms with Crippen molar-refractivity contribution in [3.63, 3.8) is 0 Å². The number of halogens is 1. The van der Waals surface area contributed by atoms with Crippen LogP contribution in [0.15, 0.2) is 47.9 Å². The van der Waals surface area contributed by atoms with Crippen molar-refractivity contribution in [2.24, 2.45) is 0 Å². The number of methoxy groups -OCH3 is 1.